The number of halogens is 2. The molecular weight excluding hydrogens is 301 g/mol. The highest BCUT2D eigenvalue weighted by Crippen LogP contribution is 2.27. The van der Waals surface area contributed by atoms with Gasteiger partial charge in [-0.25, -0.2) is 0 Å². The lowest BCUT2D eigenvalue weighted by Crippen LogP contribution is -2.15. The van der Waals surface area contributed by atoms with Gasteiger partial charge in [0.05, 0.1) is 0 Å². The molecule has 21 heavy (non-hydrogen) atoms. The summed E-state index contributed by atoms with van der Waals surface area (Å²) < 4.78 is 0. The summed E-state index contributed by atoms with van der Waals surface area (Å²) in [5.74, 6) is 0. The predicted molar refractivity (Wildman–Crippen MR) is 92.2 cm³/mol. The van der Waals surface area contributed by atoms with Crippen molar-refractivity contribution in [3.05, 3.63) is 69.2 Å². The summed E-state index contributed by atoms with van der Waals surface area (Å²) in [5, 5.41) is 1.32. The zero-order valence-corrected chi connectivity index (χ0v) is 14.2. The zero-order chi connectivity index (χ0) is 15.6. The van der Waals surface area contributed by atoms with Crippen LogP contribution in [0, 0.1) is 0 Å². The van der Waals surface area contributed by atoms with Gasteiger partial charge in [0.2, 0.25) is 0 Å². The van der Waals surface area contributed by atoms with E-state index in [0.29, 0.717) is 16.5 Å². The highest BCUT2D eigenvalue weighted by atomic mass is 35.5. The second-order valence-electron chi connectivity index (χ2n) is 6.42. The summed E-state index contributed by atoms with van der Waals surface area (Å²) in [5.41, 5.74) is 9.91. The first-order valence-corrected chi connectivity index (χ1v) is 7.83. The maximum atomic E-state index is 6.30. The highest BCUT2D eigenvalue weighted by Gasteiger charge is 2.15. The molecule has 1 nitrogen and oxygen atoms in total. The largest absolute Gasteiger partial charge is 0.324 e. The van der Waals surface area contributed by atoms with Crippen molar-refractivity contribution in [2.45, 2.75) is 38.6 Å². The molecule has 0 amide bonds. The summed E-state index contributed by atoms with van der Waals surface area (Å²) in [7, 11) is 0. The molecule has 0 spiro atoms. The minimum absolute atomic E-state index is 0.0716. The van der Waals surface area contributed by atoms with Crippen molar-refractivity contribution in [3.63, 3.8) is 0 Å². The summed E-state index contributed by atoms with van der Waals surface area (Å²) in [6, 6.07) is 14.0. The molecule has 0 aromatic heterocycles. The van der Waals surface area contributed by atoms with Crippen molar-refractivity contribution in [1.82, 2.24) is 0 Å². The third-order valence-corrected chi connectivity index (χ3v) is 4.25. The Hall–Kier alpha value is -1.02. The van der Waals surface area contributed by atoms with Crippen LogP contribution in [0.2, 0.25) is 10.0 Å². The molecule has 112 valence electrons. The fourth-order valence-corrected chi connectivity index (χ4v) is 2.76. The molecule has 0 aliphatic heterocycles. The molecule has 0 fully saturated rings. The third-order valence-electron chi connectivity index (χ3n) is 3.66. The van der Waals surface area contributed by atoms with Gasteiger partial charge in [-0.15, -0.1) is 0 Å². The van der Waals surface area contributed by atoms with E-state index in [-0.39, 0.29) is 11.5 Å². The number of hydrogen-bond acceptors (Lipinski definition) is 1. The van der Waals surface area contributed by atoms with Gasteiger partial charge in [0.15, 0.2) is 0 Å². The van der Waals surface area contributed by atoms with Crippen molar-refractivity contribution >= 4 is 23.2 Å². The van der Waals surface area contributed by atoms with Gasteiger partial charge in [-0.1, -0.05) is 74.3 Å². The summed E-state index contributed by atoms with van der Waals surface area (Å²) in [6.45, 7) is 6.61. The van der Waals surface area contributed by atoms with Gasteiger partial charge in [-0.2, -0.15) is 0 Å². The van der Waals surface area contributed by atoms with Crippen LogP contribution in [-0.4, -0.2) is 0 Å². The number of benzene rings is 2. The molecule has 0 aliphatic rings. The van der Waals surface area contributed by atoms with E-state index in [9.17, 15) is 0 Å². The Balaban J connectivity index is 2.15. The van der Waals surface area contributed by atoms with Crippen molar-refractivity contribution in [1.29, 1.82) is 0 Å². The molecular formula is C18H21Cl2N. The Morgan fingerprint density at radius 2 is 1.62 bits per heavy atom. The Labute approximate surface area is 137 Å². The summed E-state index contributed by atoms with van der Waals surface area (Å²) in [6.07, 6.45) is 0.699. The summed E-state index contributed by atoms with van der Waals surface area (Å²) in [4.78, 5) is 0. The SMILES string of the molecule is CC(C)(C)c1ccc(C(N)Cc2ccc(Cl)cc2Cl)cc1. The molecule has 0 radical (unpaired) electrons. The second kappa shape index (κ2) is 6.39. The lowest BCUT2D eigenvalue weighted by molar-refractivity contribution is 0.589. The van der Waals surface area contributed by atoms with Crippen LogP contribution in [0.15, 0.2) is 42.5 Å². The van der Waals surface area contributed by atoms with Crippen LogP contribution in [0.25, 0.3) is 0 Å². The average molecular weight is 322 g/mol. The van der Waals surface area contributed by atoms with Crippen LogP contribution >= 0.6 is 23.2 Å². The van der Waals surface area contributed by atoms with Gasteiger partial charge in [0, 0.05) is 16.1 Å². The van der Waals surface area contributed by atoms with Crippen molar-refractivity contribution < 1.29 is 0 Å². The third kappa shape index (κ3) is 4.23. The van der Waals surface area contributed by atoms with Gasteiger partial charge in [-0.3, -0.25) is 0 Å². The fraction of sp³-hybridized carbons (Fsp3) is 0.333. The van der Waals surface area contributed by atoms with E-state index in [1.165, 1.54) is 5.56 Å². The van der Waals surface area contributed by atoms with Crippen molar-refractivity contribution in [3.8, 4) is 0 Å². The molecule has 2 N–H and O–H groups in total. The quantitative estimate of drug-likeness (QED) is 0.789. The number of nitrogens with two attached hydrogens (primary N) is 1. The Bertz CT molecular complexity index is 612. The highest BCUT2D eigenvalue weighted by molar-refractivity contribution is 6.35. The molecule has 0 aliphatic carbocycles. The van der Waals surface area contributed by atoms with Crippen LogP contribution < -0.4 is 5.73 Å². The van der Waals surface area contributed by atoms with E-state index in [1.807, 2.05) is 12.1 Å². The first-order chi connectivity index (χ1) is 9.77. The van der Waals surface area contributed by atoms with Gasteiger partial charge in [0.1, 0.15) is 0 Å². The van der Waals surface area contributed by atoms with Gasteiger partial charge in [-0.05, 0) is 40.7 Å². The van der Waals surface area contributed by atoms with Crippen LogP contribution in [0.5, 0.6) is 0 Å². The second-order valence-corrected chi connectivity index (χ2v) is 7.26. The van der Waals surface area contributed by atoms with Crippen LogP contribution in [-0.2, 0) is 11.8 Å². The first kappa shape index (κ1) is 16.4. The van der Waals surface area contributed by atoms with E-state index >= 15 is 0 Å². The molecule has 0 saturated heterocycles. The van der Waals surface area contributed by atoms with E-state index in [1.54, 1.807) is 6.07 Å². The van der Waals surface area contributed by atoms with Crippen LogP contribution in [0.1, 0.15) is 43.5 Å². The minimum atomic E-state index is -0.0716. The Morgan fingerprint density at radius 3 is 2.14 bits per heavy atom. The van der Waals surface area contributed by atoms with Gasteiger partial charge >= 0.3 is 0 Å². The van der Waals surface area contributed by atoms with E-state index < -0.39 is 0 Å². The maximum absolute atomic E-state index is 6.30. The lowest BCUT2D eigenvalue weighted by atomic mass is 9.86. The number of rotatable bonds is 3. The van der Waals surface area contributed by atoms with Crippen LogP contribution in [0.3, 0.4) is 0 Å². The smallest absolute Gasteiger partial charge is 0.0453 e. The molecule has 1 atom stereocenters. The molecule has 2 aromatic carbocycles. The Kier molecular flexibility index (Phi) is 4.98. The lowest BCUT2D eigenvalue weighted by Gasteiger charge is -2.20. The molecule has 3 heteroatoms. The topological polar surface area (TPSA) is 26.0 Å². The van der Waals surface area contributed by atoms with Gasteiger partial charge < -0.3 is 5.73 Å². The van der Waals surface area contributed by atoms with E-state index in [4.69, 9.17) is 28.9 Å². The molecule has 0 saturated carbocycles. The normalized spacial score (nSPS) is 13.2. The maximum Gasteiger partial charge on any atom is 0.0453 e. The van der Waals surface area contributed by atoms with E-state index in [2.05, 4.69) is 45.0 Å². The monoisotopic (exact) mass is 321 g/mol. The van der Waals surface area contributed by atoms with Crippen molar-refractivity contribution in [2.24, 2.45) is 5.73 Å². The zero-order valence-electron chi connectivity index (χ0n) is 12.7. The standard InChI is InChI=1S/C18H21Cl2N/c1-18(2,3)14-7-4-12(5-8-14)17(21)10-13-6-9-15(19)11-16(13)20/h4-9,11,17H,10,21H2,1-3H3. The molecule has 0 heterocycles. The first-order valence-electron chi connectivity index (χ1n) is 7.07. The number of hydrogen-bond donors (Lipinski definition) is 1. The molecule has 2 rings (SSSR count). The Morgan fingerprint density at radius 1 is 1.00 bits per heavy atom. The van der Waals surface area contributed by atoms with Crippen LogP contribution in [0.4, 0.5) is 0 Å². The summed E-state index contributed by atoms with van der Waals surface area (Å²) >= 11 is 12.1. The molecule has 1 unspecified atom stereocenters. The van der Waals surface area contributed by atoms with Gasteiger partial charge in [0.25, 0.3) is 0 Å². The van der Waals surface area contributed by atoms with Crippen molar-refractivity contribution in [2.75, 3.05) is 0 Å². The average Bonchev–Trinajstić information content (AvgIpc) is 2.41. The fourth-order valence-electron chi connectivity index (χ4n) is 2.27. The predicted octanol–water partition coefficient (Wildman–Crippen LogP) is 5.53. The minimum Gasteiger partial charge on any atom is -0.324 e. The van der Waals surface area contributed by atoms with E-state index in [0.717, 1.165) is 11.1 Å². The molecule has 0 bridgehead atoms. The molecule has 2 aromatic rings.